The van der Waals surface area contributed by atoms with Crippen molar-refractivity contribution in [1.82, 2.24) is 14.3 Å². The molecule has 3 heterocycles. The molecule has 3 aromatic heterocycles. The van der Waals surface area contributed by atoms with Crippen LogP contribution in [0.5, 0.6) is 0 Å². The highest BCUT2D eigenvalue weighted by atomic mass is 19.2. The molecule has 0 aliphatic rings. The fraction of sp³-hybridized carbons (Fsp3) is 0.143. The average molecular weight is 399 g/mol. The lowest BCUT2D eigenvalue weighted by Crippen LogP contribution is -2.30. The van der Waals surface area contributed by atoms with Crippen LogP contribution in [0.3, 0.4) is 0 Å². The SMILES string of the molecule is CC(c1c[nH]c(=O)c2cc(F)c(F)cc12)N(C)C(=O)c1cc2cc(F)ccn2c1. The lowest BCUT2D eigenvalue weighted by Gasteiger charge is -2.26. The smallest absolute Gasteiger partial charge is 0.255 e. The van der Waals surface area contributed by atoms with E-state index in [0.29, 0.717) is 16.6 Å². The third-order valence-corrected chi connectivity index (χ3v) is 5.13. The van der Waals surface area contributed by atoms with Crippen LogP contribution in [0.25, 0.3) is 16.3 Å². The minimum Gasteiger partial charge on any atom is -0.335 e. The minimum absolute atomic E-state index is 0.000760. The van der Waals surface area contributed by atoms with Crippen LogP contribution in [0.15, 0.2) is 53.7 Å². The van der Waals surface area contributed by atoms with Gasteiger partial charge < -0.3 is 14.3 Å². The first kappa shape index (κ1) is 18.8. The lowest BCUT2D eigenvalue weighted by molar-refractivity contribution is 0.0743. The zero-order valence-electron chi connectivity index (χ0n) is 15.5. The van der Waals surface area contributed by atoms with E-state index in [0.717, 1.165) is 12.1 Å². The Balaban J connectivity index is 1.74. The molecule has 1 atom stereocenters. The second-order valence-electron chi connectivity index (χ2n) is 6.88. The maximum atomic E-state index is 13.8. The second kappa shape index (κ2) is 6.80. The van der Waals surface area contributed by atoms with Gasteiger partial charge >= 0.3 is 0 Å². The summed E-state index contributed by atoms with van der Waals surface area (Å²) in [5, 5.41) is 0.225. The van der Waals surface area contributed by atoms with E-state index in [2.05, 4.69) is 4.98 Å². The summed E-state index contributed by atoms with van der Waals surface area (Å²) in [6.07, 6.45) is 4.49. The molecule has 4 rings (SSSR count). The summed E-state index contributed by atoms with van der Waals surface area (Å²) in [4.78, 5) is 28.9. The normalized spacial score (nSPS) is 12.4. The first-order valence-electron chi connectivity index (χ1n) is 8.81. The molecule has 0 saturated heterocycles. The van der Waals surface area contributed by atoms with Gasteiger partial charge in [-0.15, -0.1) is 0 Å². The number of hydrogen-bond acceptors (Lipinski definition) is 2. The molecule has 0 aliphatic carbocycles. The van der Waals surface area contributed by atoms with E-state index in [9.17, 15) is 22.8 Å². The fourth-order valence-corrected chi connectivity index (χ4v) is 3.40. The van der Waals surface area contributed by atoms with Crippen LogP contribution in [-0.2, 0) is 0 Å². The van der Waals surface area contributed by atoms with Gasteiger partial charge in [-0.2, -0.15) is 0 Å². The number of halogens is 3. The van der Waals surface area contributed by atoms with Gasteiger partial charge in [0.1, 0.15) is 5.82 Å². The predicted molar refractivity (Wildman–Crippen MR) is 102 cm³/mol. The highest BCUT2D eigenvalue weighted by Gasteiger charge is 2.23. The Morgan fingerprint density at radius 2 is 1.79 bits per heavy atom. The highest BCUT2D eigenvalue weighted by Crippen LogP contribution is 2.28. The summed E-state index contributed by atoms with van der Waals surface area (Å²) in [5.41, 5.74) is 0.783. The number of amides is 1. The van der Waals surface area contributed by atoms with Gasteiger partial charge in [0, 0.05) is 31.2 Å². The van der Waals surface area contributed by atoms with Crippen molar-refractivity contribution < 1.29 is 18.0 Å². The Hall–Kier alpha value is -3.55. The van der Waals surface area contributed by atoms with Gasteiger partial charge in [-0.05, 0) is 48.2 Å². The molecule has 29 heavy (non-hydrogen) atoms. The zero-order valence-corrected chi connectivity index (χ0v) is 15.5. The third kappa shape index (κ3) is 3.16. The maximum Gasteiger partial charge on any atom is 0.255 e. The fourth-order valence-electron chi connectivity index (χ4n) is 3.40. The number of fused-ring (bicyclic) bond motifs is 2. The summed E-state index contributed by atoms with van der Waals surface area (Å²) >= 11 is 0. The van der Waals surface area contributed by atoms with Gasteiger partial charge in [0.15, 0.2) is 11.6 Å². The van der Waals surface area contributed by atoms with Gasteiger partial charge in [0.05, 0.1) is 17.0 Å². The Labute approximate surface area is 163 Å². The molecule has 0 saturated carbocycles. The third-order valence-electron chi connectivity index (χ3n) is 5.13. The number of carbonyl (C=O) groups excluding carboxylic acids is 1. The molecule has 1 aromatic carbocycles. The number of hydrogen-bond donors (Lipinski definition) is 1. The van der Waals surface area contributed by atoms with E-state index in [1.54, 1.807) is 30.6 Å². The van der Waals surface area contributed by atoms with Crippen molar-refractivity contribution in [3.05, 3.63) is 87.9 Å². The average Bonchev–Trinajstić information content (AvgIpc) is 3.11. The number of pyridine rings is 2. The number of nitrogens with one attached hydrogen (secondary N) is 1. The van der Waals surface area contributed by atoms with E-state index >= 15 is 0 Å². The number of aromatic amines is 1. The Morgan fingerprint density at radius 1 is 1.10 bits per heavy atom. The summed E-state index contributed by atoms with van der Waals surface area (Å²) < 4.78 is 42.4. The van der Waals surface area contributed by atoms with Gasteiger partial charge in [-0.25, -0.2) is 13.2 Å². The van der Waals surface area contributed by atoms with Crippen molar-refractivity contribution in [3.63, 3.8) is 0 Å². The first-order chi connectivity index (χ1) is 13.8. The molecule has 0 spiro atoms. The van der Waals surface area contributed by atoms with E-state index in [1.807, 2.05) is 0 Å². The van der Waals surface area contributed by atoms with Crippen molar-refractivity contribution in [2.45, 2.75) is 13.0 Å². The zero-order chi connectivity index (χ0) is 20.9. The lowest BCUT2D eigenvalue weighted by atomic mass is 10.0. The van der Waals surface area contributed by atoms with E-state index < -0.39 is 29.1 Å². The molecule has 1 N–H and O–H groups in total. The van der Waals surface area contributed by atoms with Crippen LogP contribution in [0.4, 0.5) is 13.2 Å². The number of aromatic nitrogens is 2. The molecule has 1 unspecified atom stereocenters. The Morgan fingerprint density at radius 3 is 2.52 bits per heavy atom. The van der Waals surface area contributed by atoms with Crippen molar-refractivity contribution in [1.29, 1.82) is 0 Å². The number of carbonyl (C=O) groups is 1. The molecule has 4 aromatic rings. The van der Waals surface area contributed by atoms with Crippen molar-refractivity contribution in [2.75, 3.05) is 7.05 Å². The minimum atomic E-state index is -1.12. The van der Waals surface area contributed by atoms with E-state index in [4.69, 9.17) is 0 Å². The van der Waals surface area contributed by atoms with E-state index in [-0.39, 0.29) is 16.7 Å². The van der Waals surface area contributed by atoms with Gasteiger partial charge in [-0.1, -0.05) is 0 Å². The van der Waals surface area contributed by atoms with Crippen molar-refractivity contribution >= 4 is 22.2 Å². The topological polar surface area (TPSA) is 57.6 Å². The molecule has 0 radical (unpaired) electrons. The number of nitrogens with zero attached hydrogens (tertiary/aromatic N) is 2. The molecule has 0 aliphatic heterocycles. The van der Waals surface area contributed by atoms with Crippen LogP contribution in [0.1, 0.15) is 28.9 Å². The highest BCUT2D eigenvalue weighted by molar-refractivity contribution is 5.96. The quantitative estimate of drug-likeness (QED) is 0.566. The summed E-state index contributed by atoms with van der Waals surface area (Å²) in [6, 6.07) is 5.40. The number of H-pyrrole nitrogens is 1. The van der Waals surface area contributed by atoms with Gasteiger partial charge in [0.25, 0.3) is 11.5 Å². The molecule has 1 amide bonds. The van der Waals surface area contributed by atoms with Gasteiger partial charge in [-0.3, -0.25) is 9.59 Å². The monoisotopic (exact) mass is 399 g/mol. The Kier molecular flexibility index (Phi) is 4.41. The first-order valence-corrected chi connectivity index (χ1v) is 8.81. The molecule has 8 heteroatoms. The summed E-state index contributed by atoms with van der Waals surface area (Å²) in [5.74, 6) is -2.95. The van der Waals surface area contributed by atoms with Crippen LogP contribution < -0.4 is 5.56 Å². The molecular weight excluding hydrogens is 383 g/mol. The summed E-state index contributed by atoms with van der Waals surface area (Å²) in [6.45, 7) is 1.71. The van der Waals surface area contributed by atoms with E-state index in [1.165, 1.54) is 29.4 Å². The largest absolute Gasteiger partial charge is 0.335 e. The number of benzene rings is 1. The van der Waals surface area contributed by atoms with Gasteiger partial charge in [0.2, 0.25) is 0 Å². The summed E-state index contributed by atoms with van der Waals surface area (Å²) in [7, 11) is 1.56. The predicted octanol–water partition coefficient (Wildman–Crippen LogP) is 4.03. The van der Waals surface area contributed by atoms with Crippen LogP contribution >= 0.6 is 0 Å². The Bertz CT molecular complexity index is 1330. The molecule has 5 nitrogen and oxygen atoms in total. The van der Waals surface area contributed by atoms with Crippen LogP contribution in [-0.4, -0.2) is 27.2 Å². The molecular formula is C21H16F3N3O2. The van der Waals surface area contributed by atoms with Crippen LogP contribution in [0, 0.1) is 17.5 Å². The molecule has 0 bridgehead atoms. The molecule has 148 valence electrons. The number of rotatable bonds is 3. The van der Waals surface area contributed by atoms with Crippen molar-refractivity contribution in [3.8, 4) is 0 Å². The molecule has 0 fully saturated rings. The maximum absolute atomic E-state index is 13.8. The second-order valence-corrected chi connectivity index (χ2v) is 6.88. The van der Waals surface area contributed by atoms with Crippen molar-refractivity contribution in [2.24, 2.45) is 0 Å². The standard InChI is InChI=1S/C21H16F3N3O2/c1-11(17-9-25-20(28)16-8-19(24)18(23)7-15(16)17)26(2)21(29)12-5-14-6-13(22)3-4-27(14)10-12/h3-11H,1-2H3,(H,25,28). The van der Waals surface area contributed by atoms with Crippen LogP contribution in [0.2, 0.25) is 0 Å².